The van der Waals surface area contributed by atoms with Gasteiger partial charge in [-0.3, -0.25) is 0 Å². The molecule has 5 nitrogen and oxygen atoms in total. The lowest BCUT2D eigenvalue weighted by Gasteiger charge is -2.20. The third kappa shape index (κ3) is 3.23. The molecule has 0 radical (unpaired) electrons. The van der Waals surface area contributed by atoms with Crippen molar-refractivity contribution in [2.75, 3.05) is 7.11 Å². The van der Waals surface area contributed by atoms with Crippen LogP contribution in [0.15, 0.2) is 42.5 Å². The van der Waals surface area contributed by atoms with Crippen LogP contribution in [0.25, 0.3) is 10.8 Å². The van der Waals surface area contributed by atoms with Crippen LogP contribution >= 0.6 is 11.6 Å². The van der Waals surface area contributed by atoms with Crippen molar-refractivity contribution in [1.82, 2.24) is 0 Å². The predicted molar refractivity (Wildman–Crippen MR) is 96.0 cm³/mol. The van der Waals surface area contributed by atoms with Crippen LogP contribution in [0.1, 0.15) is 18.6 Å². The van der Waals surface area contributed by atoms with Gasteiger partial charge in [0.25, 0.3) is 0 Å². The normalized spacial score (nSPS) is 12.1. The molecule has 0 aliphatic heterocycles. The molecule has 0 aromatic heterocycles. The van der Waals surface area contributed by atoms with Gasteiger partial charge in [-0.15, -0.1) is 0 Å². The van der Waals surface area contributed by atoms with Gasteiger partial charge in [-0.1, -0.05) is 17.7 Å². The van der Waals surface area contributed by atoms with E-state index in [1.165, 1.54) is 31.4 Å². The highest BCUT2D eigenvalue weighted by Crippen LogP contribution is 2.42. The molecule has 0 saturated carbocycles. The molecule has 1 unspecified atom stereocenters. The molecule has 0 aliphatic carbocycles. The van der Waals surface area contributed by atoms with Gasteiger partial charge in [-0.2, -0.15) is 0 Å². The Morgan fingerprint density at radius 3 is 2.24 bits per heavy atom. The number of fused-ring (bicyclic) bond motifs is 1. The van der Waals surface area contributed by atoms with E-state index in [0.29, 0.717) is 27.8 Å². The smallest absolute Gasteiger partial charge is 0.139 e. The first-order valence-corrected chi connectivity index (χ1v) is 7.96. The number of phenolic OH excluding ortho intramolecular Hbond substituents is 3. The highest BCUT2D eigenvalue weighted by Gasteiger charge is 2.20. The minimum absolute atomic E-state index is 0.0115. The van der Waals surface area contributed by atoms with Crippen molar-refractivity contribution in [3.05, 3.63) is 53.1 Å². The topological polar surface area (TPSA) is 79.2 Å². The summed E-state index contributed by atoms with van der Waals surface area (Å²) in [6.07, 6.45) is -0.542. The molecule has 130 valence electrons. The first kappa shape index (κ1) is 17.0. The zero-order valence-electron chi connectivity index (χ0n) is 13.7. The van der Waals surface area contributed by atoms with Crippen LogP contribution in [0.3, 0.4) is 0 Å². The fraction of sp³-hybridized carbons (Fsp3) is 0.158. The van der Waals surface area contributed by atoms with Crippen LogP contribution < -0.4 is 9.47 Å². The van der Waals surface area contributed by atoms with Crippen molar-refractivity contribution < 1.29 is 24.8 Å². The lowest BCUT2D eigenvalue weighted by Crippen LogP contribution is -2.05. The van der Waals surface area contributed by atoms with Crippen LogP contribution in [-0.2, 0) is 0 Å². The summed E-state index contributed by atoms with van der Waals surface area (Å²) in [5.41, 5.74) is 0.542. The number of ether oxygens (including phenoxy) is 2. The zero-order chi connectivity index (χ0) is 18.1. The Hall–Kier alpha value is -2.79. The van der Waals surface area contributed by atoms with Crippen molar-refractivity contribution in [2.45, 2.75) is 13.0 Å². The van der Waals surface area contributed by atoms with Crippen LogP contribution in [0.5, 0.6) is 28.7 Å². The average Bonchev–Trinajstić information content (AvgIpc) is 2.56. The summed E-state index contributed by atoms with van der Waals surface area (Å²) in [7, 11) is 1.49. The SMILES string of the molecule is COc1cc(O)c(C(C)Oc2ccc(O)cc2Cl)c2ccc(O)cc12. The number of benzene rings is 3. The molecule has 6 heteroatoms. The number of aromatic hydroxyl groups is 3. The van der Waals surface area contributed by atoms with E-state index >= 15 is 0 Å². The van der Waals surface area contributed by atoms with Crippen LogP contribution in [0.4, 0.5) is 0 Å². The van der Waals surface area contributed by atoms with E-state index in [1.54, 1.807) is 25.1 Å². The minimum Gasteiger partial charge on any atom is -0.508 e. The Kier molecular flexibility index (Phi) is 4.51. The summed E-state index contributed by atoms with van der Waals surface area (Å²) in [5.74, 6) is 0.976. The average molecular weight is 361 g/mol. The van der Waals surface area contributed by atoms with Crippen LogP contribution in [-0.4, -0.2) is 22.4 Å². The predicted octanol–water partition coefficient (Wildman–Crippen LogP) is 4.76. The first-order valence-electron chi connectivity index (χ1n) is 7.58. The molecule has 3 rings (SSSR count). The maximum absolute atomic E-state index is 10.5. The molecule has 0 bridgehead atoms. The molecule has 3 aromatic carbocycles. The molecular weight excluding hydrogens is 344 g/mol. The largest absolute Gasteiger partial charge is 0.508 e. The van der Waals surface area contributed by atoms with Gasteiger partial charge in [0.15, 0.2) is 0 Å². The quantitative estimate of drug-likeness (QED) is 0.625. The molecule has 1 atom stereocenters. The number of halogens is 1. The monoisotopic (exact) mass is 360 g/mol. The third-order valence-corrected chi connectivity index (χ3v) is 4.24. The lowest BCUT2D eigenvalue weighted by molar-refractivity contribution is 0.223. The van der Waals surface area contributed by atoms with Crippen molar-refractivity contribution in [3.63, 3.8) is 0 Å². The molecular formula is C19H17ClO5. The minimum atomic E-state index is -0.542. The van der Waals surface area contributed by atoms with E-state index in [1.807, 2.05) is 0 Å². The number of phenols is 3. The highest BCUT2D eigenvalue weighted by molar-refractivity contribution is 6.32. The Bertz CT molecular complexity index is 939. The first-order chi connectivity index (χ1) is 11.9. The molecule has 0 saturated heterocycles. The van der Waals surface area contributed by atoms with Crippen molar-refractivity contribution in [2.24, 2.45) is 0 Å². The summed E-state index contributed by atoms with van der Waals surface area (Å²) in [4.78, 5) is 0. The van der Waals surface area contributed by atoms with E-state index in [0.717, 1.165) is 0 Å². The van der Waals surface area contributed by atoms with Crippen LogP contribution in [0.2, 0.25) is 5.02 Å². The molecule has 0 amide bonds. The zero-order valence-corrected chi connectivity index (χ0v) is 14.4. The fourth-order valence-electron chi connectivity index (χ4n) is 2.82. The van der Waals surface area contributed by atoms with Crippen LogP contribution in [0, 0.1) is 0 Å². The second-order valence-electron chi connectivity index (χ2n) is 5.62. The van der Waals surface area contributed by atoms with E-state index in [-0.39, 0.29) is 22.3 Å². The Morgan fingerprint density at radius 1 is 0.880 bits per heavy atom. The van der Waals surface area contributed by atoms with E-state index < -0.39 is 6.10 Å². The summed E-state index contributed by atoms with van der Waals surface area (Å²) < 4.78 is 11.2. The lowest BCUT2D eigenvalue weighted by atomic mass is 9.98. The fourth-order valence-corrected chi connectivity index (χ4v) is 3.04. The standard InChI is InChI=1S/C19H17ClO5/c1-10(25-17-6-4-12(22)8-15(17)20)19-13-5-3-11(21)7-14(13)18(24-2)9-16(19)23/h3-10,21-23H,1-2H3. The number of hydrogen-bond donors (Lipinski definition) is 3. The third-order valence-electron chi connectivity index (χ3n) is 3.95. The molecule has 25 heavy (non-hydrogen) atoms. The molecule has 0 heterocycles. The molecule has 0 fully saturated rings. The van der Waals surface area contributed by atoms with Gasteiger partial charge in [0.1, 0.15) is 34.9 Å². The van der Waals surface area contributed by atoms with Gasteiger partial charge >= 0.3 is 0 Å². The van der Waals surface area contributed by atoms with E-state index in [4.69, 9.17) is 21.1 Å². The van der Waals surface area contributed by atoms with Gasteiger partial charge in [0.05, 0.1) is 12.1 Å². The number of methoxy groups -OCH3 is 1. The van der Waals surface area contributed by atoms with Crippen molar-refractivity contribution in [1.29, 1.82) is 0 Å². The summed E-state index contributed by atoms with van der Waals surface area (Å²) in [5, 5.41) is 31.3. The maximum atomic E-state index is 10.5. The van der Waals surface area contributed by atoms with Gasteiger partial charge in [0.2, 0.25) is 0 Å². The molecule has 3 aromatic rings. The van der Waals surface area contributed by atoms with E-state index in [2.05, 4.69) is 0 Å². The number of rotatable bonds is 4. The Balaban J connectivity index is 2.09. The molecule has 0 aliphatic rings. The van der Waals surface area contributed by atoms with Gasteiger partial charge < -0.3 is 24.8 Å². The van der Waals surface area contributed by atoms with Gasteiger partial charge in [-0.05, 0) is 36.6 Å². The Labute approximate surface area is 149 Å². The van der Waals surface area contributed by atoms with Crippen molar-refractivity contribution >= 4 is 22.4 Å². The Morgan fingerprint density at radius 2 is 1.56 bits per heavy atom. The number of hydrogen-bond acceptors (Lipinski definition) is 5. The van der Waals surface area contributed by atoms with Crippen molar-refractivity contribution in [3.8, 4) is 28.7 Å². The summed E-state index contributed by atoms with van der Waals surface area (Å²) in [6.45, 7) is 1.77. The van der Waals surface area contributed by atoms with Gasteiger partial charge in [-0.25, -0.2) is 0 Å². The second-order valence-corrected chi connectivity index (χ2v) is 6.02. The molecule has 3 N–H and O–H groups in total. The van der Waals surface area contributed by atoms with Gasteiger partial charge in [0, 0.05) is 23.1 Å². The van der Waals surface area contributed by atoms with E-state index in [9.17, 15) is 15.3 Å². The molecule has 0 spiro atoms. The maximum Gasteiger partial charge on any atom is 0.139 e. The summed E-state index contributed by atoms with van der Waals surface area (Å²) >= 11 is 6.09. The summed E-state index contributed by atoms with van der Waals surface area (Å²) in [6, 6.07) is 10.7. The second kappa shape index (κ2) is 6.61. The highest BCUT2D eigenvalue weighted by atomic mass is 35.5.